The summed E-state index contributed by atoms with van der Waals surface area (Å²) in [5, 5.41) is 10.5. The van der Waals surface area contributed by atoms with Crippen molar-refractivity contribution in [3.63, 3.8) is 0 Å². The van der Waals surface area contributed by atoms with E-state index in [1.54, 1.807) is 24.3 Å². The average Bonchev–Trinajstić information content (AvgIpc) is 2.52. The first-order chi connectivity index (χ1) is 10.9. The summed E-state index contributed by atoms with van der Waals surface area (Å²) in [7, 11) is 0. The zero-order valence-electron chi connectivity index (χ0n) is 11.4. The van der Waals surface area contributed by atoms with Crippen LogP contribution in [-0.4, -0.2) is 16.7 Å². The van der Waals surface area contributed by atoms with Gasteiger partial charge in [-0.1, -0.05) is 27.5 Å². The van der Waals surface area contributed by atoms with E-state index in [1.807, 2.05) is 0 Å². The Morgan fingerprint density at radius 1 is 1.04 bits per heavy atom. The number of nitro benzene ring substituents is 1. The minimum atomic E-state index is -0.685. The Bertz CT molecular complexity index is 780. The Morgan fingerprint density at radius 2 is 1.65 bits per heavy atom. The van der Waals surface area contributed by atoms with Gasteiger partial charge in [-0.3, -0.25) is 30.6 Å². The molecule has 23 heavy (non-hydrogen) atoms. The molecule has 2 N–H and O–H groups in total. The van der Waals surface area contributed by atoms with Gasteiger partial charge in [-0.25, -0.2) is 0 Å². The molecule has 0 saturated heterocycles. The van der Waals surface area contributed by atoms with Gasteiger partial charge in [0.1, 0.15) is 0 Å². The van der Waals surface area contributed by atoms with Crippen LogP contribution in [0.2, 0.25) is 5.02 Å². The molecule has 0 radical (unpaired) electrons. The molecule has 0 fully saturated rings. The molecule has 2 rings (SSSR count). The molecule has 0 aliphatic rings. The molecule has 0 bridgehead atoms. The largest absolute Gasteiger partial charge is 0.271 e. The zero-order valence-corrected chi connectivity index (χ0v) is 13.7. The van der Waals surface area contributed by atoms with E-state index in [0.717, 1.165) is 16.6 Å². The number of hydrogen-bond acceptors (Lipinski definition) is 4. The van der Waals surface area contributed by atoms with Crippen molar-refractivity contribution in [3.05, 3.63) is 73.2 Å². The van der Waals surface area contributed by atoms with Gasteiger partial charge in [-0.2, -0.15) is 0 Å². The van der Waals surface area contributed by atoms with Gasteiger partial charge in [0.15, 0.2) is 0 Å². The van der Waals surface area contributed by atoms with Crippen LogP contribution in [0.1, 0.15) is 20.7 Å². The first kappa shape index (κ1) is 16.9. The maximum Gasteiger partial charge on any atom is 0.271 e. The van der Waals surface area contributed by atoms with E-state index in [2.05, 4.69) is 26.8 Å². The summed E-state index contributed by atoms with van der Waals surface area (Å²) in [5.74, 6) is -1.20. The fourth-order valence-electron chi connectivity index (χ4n) is 1.66. The standard InChI is InChI=1S/C14H9BrClN3O4/c15-9-3-1-8(2-4-9)13(20)17-18-14(21)11-6-5-10(19(22)23)7-12(11)16/h1-7H,(H,17,20)(H,18,21). The second-order valence-electron chi connectivity index (χ2n) is 4.34. The minimum absolute atomic E-state index is 0.00775. The molecule has 0 heterocycles. The fraction of sp³-hybridized carbons (Fsp3) is 0. The zero-order chi connectivity index (χ0) is 17.0. The molecular formula is C14H9BrClN3O4. The Kier molecular flexibility index (Phi) is 5.30. The van der Waals surface area contributed by atoms with Gasteiger partial charge in [-0.05, 0) is 30.3 Å². The van der Waals surface area contributed by atoms with Crippen molar-refractivity contribution < 1.29 is 14.5 Å². The van der Waals surface area contributed by atoms with Crippen molar-refractivity contribution in [2.75, 3.05) is 0 Å². The van der Waals surface area contributed by atoms with E-state index in [4.69, 9.17) is 11.6 Å². The number of nitrogens with one attached hydrogen (secondary N) is 2. The number of non-ortho nitro benzene ring substituents is 1. The lowest BCUT2D eigenvalue weighted by atomic mass is 10.2. The van der Waals surface area contributed by atoms with E-state index in [9.17, 15) is 19.7 Å². The van der Waals surface area contributed by atoms with Crippen molar-refractivity contribution >= 4 is 45.0 Å². The van der Waals surface area contributed by atoms with Crippen LogP contribution in [-0.2, 0) is 0 Å². The van der Waals surface area contributed by atoms with Crippen LogP contribution in [0.4, 0.5) is 5.69 Å². The maximum absolute atomic E-state index is 11.9. The van der Waals surface area contributed by atoms with Gasteiger partial charge in [0.05, 0.1) is 15.5 Å². The summed E-state index contributed by atoms with van der Waals surface area (Å²) in [6.45, 7) is 0. The molecule has 7 nitrogen and oxygen atoms in total. The third-order valence-corrected chi connectivity index (χ3v) is 3.65. The van der Waals surface area contributed by atoms with Gasteiger partial charge < -0.3 is 0 Å². The molecule has 2 amide bonds. The summed E-state index contributed by atoms with van der Waals surface area (Å²) in [4.78, 5) is 33.8. The van der Waals surface area contributed by atoms with Crippen molar-refractivity contribution in [1.29, 1.82) is 0 Å². The topological polar surface area (TPSA) is 101 Å². The van der Waals surface area contributed by atoms with Gasteiger partial charge >= 0.3 is 0 Å². The molecule has 0 aliphatic carbocycles. The van der Waals surface area contributed by atoms with Crippen LogP contribution in [0.5, 0.6) is 0 Å². The molecule has 0 aliphatic heterocycles. The SMILES string of the molecule is O=C(NNC(=O)c1ccc([N+](=O)[O-])cc1Cl)c1ccc(Br)cc1. The summed E-state index contributed by atoms with van der Waals surface area (Å²) in [6, 6.07) is 9.94. The number of nitrogens with zero attached hydrogens (tertiary/aromatic N) is 1. The Morgan fingerprint density at radius 3 is 2.22 bits per heavy atom. The highest BCUT2D eigenvalue weighted by molar-refractivity contribution is 9.10. The number of nitro groups is 1. The van der Waals surface area contributed by atoms with Gasteiger partial charge in [0.25, 0.3) is 17.5 Å². The fourth-order valence-corrected chi connectivity index (χ4v) is 2.18. The monoisotopic (exact) mass is 397 g/mol. The summed E-state index contributed by atoms with van der Waals surface area (Å²) >= 11 is 9.08. The van der Waals surface area contributed by atoms with E-state index in [0.29, 0.717) is 5.56 Å². The van der Waals surface area contributed by atoms with Crippen molar-refractivity contribution in [2.24, 2.45) is 0 Å². The molecule has 0 aromatic heterocycles. The Balaban J connectivity index is 2.03. The lowest BCUT2D eigenvalue weighted by molar-refractivity contribution is -0.384. The highest BCUT2D eigenvalue weighted by atomic mass is 79.9. The molecule has 0 unspecified atom stereocenters. The smallest absolute Gasteiger partial charge is 0.267 e. The van der Waals surface area contributed by atoms with E-state index in [-0.39, 0.29) is 16.3 Å². The van der Waals surface area contributed by atoms with Crippen molar-refractivity contribution in [2.45, 2.75) is 0 Å². The number of amides is 2. The van der Waals surface area contributed by atoms with E-state index >= 15 is 0 Å². The Hall–Kier alpha value is -2.45. The summed E-state index contributed by atoms with van der Waals surface area (Å²) in [6.07, 6.45) is 0. The summed E-state index contributed by atoms with van der Waals surface area (Å²) in [5.41, 5.74) is 4.56. The number of carbonyl (C=O) groups is 2. The second-order valence-corrected chi connectivity index (χ2v) is 5.66. The van der Waals surface area contributed by atoms with Crippen molar-refractivity contribution in [1.82, 2.24) is 10.9 Å². The first-order valence-corrected chi connectivity index (χ1v) is 7.36. The first-order valence-electron chi connectivity index (χ1n) is 6.18. The molecule has 118 valence electrons. The predicted octanol–water partition coefficient (Wildman–Crippen LogP) is 3.09. The van der Waals surface area contributed by atoms with Gasteiger partial charge in [0, 0.05) is 22.2 Å². The minimum Gasteiger partial charge on any atom is -0.267 e. The van der Waals surface area contributed by atoms with Crippen LogP contribution in [0.3, 0.4) is 0 Å². The number of halogens is 2. The highest BCUT2D eigenvalue weighted by Crippen LogP contribution is 2.22. The lowest BCUT2D eigenvalue weighted by Crippen LogP contribution is -2.41. The van der Waals surface area contributed by atoms with E-state index < -0.39 is 16.7 Å². The third-order valence-electron chi connectivity index (χ3n) is 2.80. The number of hydrazine groups is 1. The number of rotatable bonds is 3. The molecule has 2 aromatic carbocycles. The highest BCUT2D eigenvalue weighted by Gasteiger charge is 2.15. The number of benzene rings is 2. The van der Waals surface area contributed by atoms with Gasteiger partial charge in [0.2, 0.25) is 0 Å². The van der Waals surface area contributed by atoms with Crippen LogP contribution in [0.15, 0.2) is 46.9 Å². The van der Waals surface area contributed by atoms with E-state index in [1.165, 1.54) is 6.07 Å². The van der Waals surface area contributed by atoms with Crippen LogP contribution < -0.4 is 10.9 Å². The predicted molar refractivity (Wildman–Crippen MR) is 87.2 cm³/mol. The van der Waals surface area contributed by atoms with Crippen molar-refractivity contribution in [3.8, 4) is 0 Å². The van der Waals surface area contributed by atoms with Crippen LogP contribution in [0.25, 0.3) is 0 Å². The molecule has 0 atom stereocenters. The Labute approximate surface area is 143 Å². The normalized spacial score (nSPS) is 10.0. The summed E-state index contributed by atoms with van der Waals surface area (Å²) < 4.78 is 0.816. The molecule has 9 heteroatoms. The average molecular weight is 399 g/mol. The number of carbonyl (C=O) groups excluding carboxylic acids is 2. The molecular weight excluding hydrogens is 390 g/mol. The molecule has 0 saturated carbocycles. The lowest BCUT2D eigenvalue weighted by Gasteiger charge is -2.08. The maximum atomic E-state index is 11.9. The molecule has 0 spiro atoms. The number of hydrogen-bond donors (Lipinski definition) is 2. The van der Waals surface area contributed by atoms with Crippen LogP contribution >= 0.6 is 27.5 Å². The van der Waals surface area contributed by atoms with Gasteiger partial charge in [-0.15, -0.1) is 0 Å². The molecule has 2 aromatic rings. The second kappa shape index (κ2) is 7.21. The third kappa shape index (κ3) is 4.27. The quantitative estimate of drug-likeness (QED) is 0.613. The van der Waals surface area contributed by atoms with Crippen LogP contribution in [0, 0.1) is 10.1 Å².